The maximum absolute atomic E-state index is 12.9. The highest BCUT2D eigenvalue weighted by atomic mass is 19.4. The zero-order valence-electron chi connectivity index (χ0n) is 18.0. The van der Waals surface area contributed by atoms with Crippen LogP contribution in [0.1, 0.15) is 23.9 Å². The molecule has 0 aliphatic rings. The van der Waals surface area contributed by atoms with Gasteiger partial charge in [0.15, 0.2) is 5.69 Å². The SMILES string of the molecule is Cc1cccc(Oc2cc(NC(=O)C(C)Cn3nc(C(F)(F)F)cc3C)cc([N+](=O)[O-])c2)c1. The number of ether oxygens (including phenoxy) is 1. The molecular formula is C22H21F3N4O4. The van der Waals surface area contributed by atoms with E-state index in [9.17, 15) is 28.1 Å². The van der Waals surface area contributed by atoms with Gasteiger partial charge in [0.1, 0.15) is 11.5 Å². The minimum atomic E-state index is -4.59. The number of hydrogen-bond acceptors (Lipinski definition) is 5. The molecule has 0 aliphatic carbocycles. The Bertz CT molecular complexity index is 1190. The predicted molar refractivity (Wildman–Crippen MR) is 114 cm³/mol. The van der Waals surface area contributed by atoms with Gasteiger partial charge >= 0.3 is 6.18 Å². The molecule has 3 aromatic rings. The number of rotatable bonds is 7. The fourth-order valence-corrected chi connectivity index (χ4v) is 3.08. The molecule has 1 heterocycles. The summed E-state index contributed by atoms with van der Waals surface area (Å²) in [6, 6.07) is 11.8. The molecule has 11 heteroatoms. The van der Waals surface area contributed by atoms with Crippen LogP contribution >= 0.6 is 0 Å². The Labute approximate surface area is 187 Å². The third kappa shape index (κ3) is 6.09. The topological polar surface area (TPSA) is 99.3 Å². The van der Waals surface area contributed by atoms with Crippen molar-refractivity contribution in [2.75, 3.05) is 5.32 Å². The predicted octanol–water partition coefficient (Wildman–Crippen LogP) is 5.49. The van der Waals surface area contributed by atoms with Crippen molar-refractivity contribution < 1.29 is 27.6 Å². The van der Waals surface area contributed by atoms with Crippen LogP contribution in [0.2, 0.25) is 0 Å². The summed E-state index contributed by atoms with van der Waals surface area (Å²) >= 11 is 0. The molecule has 0 radical (unpaired) electrons. The van der Waals surface area contributed by atoms with Crippen molar-refractivity contribution in [1.82, 2.24) is 9.78 Å². The van der Waals surface area contributed by atoms with Crippen LogP contribution in [0.5, 0.6) is 11.5 Å². The summed E-state index contributed by atoms with van der Waals surface area (Å²) in [6.07, 6.45) is -4.59. The van der Waals surface area contributed by atoms with E-state index in [-0.39, 0.29) is 29.4 Å². The summed E-state index contributed by atoms with van der Waals surface area (Å²) in [5.41, 5.74) is -0.0176. The Balaban J connectivity index is 1.77. The van der Waals surface area contributed by atoms with Gasteiger partial charge in [-0.3, -0.25) is 19.6 Å². The van der Waals surface area contributed by atoms with Crippen LogP contribution in [0, 0.1) is 29.9 Å². The number of non-ortho nitro benzene ring substituents is 1. The summed E-state index contributed by atoms with van der Waals surface area (Å²) in [6.45, 7) is 4.75. The maximum Gasteiger partial charge on any atom is 0.435 e. The van der Waals surface area contributed by atoms with E-state index in [1.54, 1.807) is 18.2 Å². The molecule has 1 amide bonds. The first-order chi connectivity index (χ1) is 15.4. The van der Waals surface area contributed by atoms with Gasteiger partial charge in [0.25, 0.3) is 5.69 Å². The number of halogens is 3. The number of carbonyl (C=O) groups is 1. The number of alkyl halides is 3. The largest absolute Gasteiger partial charge is 0.457 e. The molecule has 0 saturated heterocycles. The lowest BCUT2D eigenvalue weighted by Gasteiger charge is -2.14. The lowest BCUT2D eigenvalue weighted by molar-refractivity contribution is -0.384. The minimum absolute atomic E-state index is 0.102. The van der Waals surface area contributed by atoms with E-state index in [4.69, 9.17) is 4.74 Å². The minimum Gasteiger partial charge on any atom is -0.457 e. The molecule has 174 valence electrons. The number of aryl methyl sites for hydroxylation is 2. The number of nitro groups is 1. The Morgan fingerprint density at radius 2 is 1.91 bits per heavy atom. The smallest absolute Gasteiger partial charge is 0.435 e. The molecule has 8 nitrogen and oxygen atoms in total. The molecule has 0 fully saturated rings. The van der Waals surface area contributed by atoms with Crippen molar-refractivity contribution >= 4 is 17.3 Å². The average Bonchev–Trinajstić information content (AvgIpc) is 3.08. The van der Waals surface area contributed by atoms with Crippen LogP contribution in [0.4, 0.5) is 24.5 Å². The third-order valence-electron chi connectivity index (χ3n) is 4.76. The Morgan fingerprint density at radius 3 is 2.52 bits per heavy atom. The molecule has 0 aliphatic heterocycles. The van der Waals surface area contributed by atoms with Gasteiger partial charge in [-0.25, -0.2) is 0 Å². The molecule has 1 aromatic heterocycles. The number of aromatic nitrogens is 2. The van der Waals surface area contributed by atoms with Crippen molar-refractivity contribution in [2.24, 2.45) is 5.92 Å². The summed E-state index contributed by atoms with van der Waals surface area (Å²) in [7, 11) is 0. The molecule has 2 aromatic carbocycles. The molecule has 3 rings (SSSR count). The van der Waals surface area contributed by atoms with Crippen LogP contribution in [0.25, 0.3) is 0 Å². The van der Waals surface area contributed by atoms with E-state index in [0.29, 0.717) is 5.75 Å². The Morgan fingerprint density at radius 1 is 1.18 bits per heavy atom. The fraction of sp³-hybridized carbons (Fsp3) is 0.273. The molecule has 1 unspecified atom stereocenters. The van der Waals surface area contributed by atoms with Crippen LogP contribution < -0.4 is 10.1 Å². The lowest BCUT2D eigenvalue weighted by atomic mass is 10.1. The summed E-state index contributed by atoms with van der Waals surface area (Å²) < 4.78 is 45.4. The monoisotopic (exact) mass is 462 g/mol. The number of carbonyl (C=O) groups excluding carboxylic acids is 1. The van der Waals surface area contributed by atoms with Gasteiger partial charge in [0.2, 0.25) is 5.91 Å². The maximum atomic E-state index is 12.9. The van der Waals surface area contributed by atoms with E-state index >= 15 is 0 Å². The van der Waals surface area contributed by atoms with Gasteiger partial charge in [0, 0.05) is 17.8 Å². The van der Waals surface area contributed by atoms with Gasteiger partial charge in [-0.2, -0.15) is 18.3 Å². The van der Waals surface area contributed by atoms with Crippen molar-refractivity contribution in [2.45, 2.75) is 33.5 Å². The first kappa shape index (κ1) is 23.8. The Hall–Kier alpha value is -3.89. The highest BCUT2D eigenvalue weighted by Crippen LogP contribution is 2.31. The second kappa shape index (κ2) is 9.31. The standard InChI is InChI=1S/C22H21F3N4O4/c1-13-5-4-6-18(7-13)33-19-10-16(9-17(11-19)29(31)32)26-21(30)14(2)12-28-15(3)8-20(27-28)22(23,24)25/h4-11,14H,12H2,1-3H3,(H,26,30). The van der Waals surface area contributed by atoms with Crippen molar-refractivity contribution in [3.8, 4) is 11.5 Å². The quantitative estimate of drug-likeness (QED) is 0.370. The van der Waals surface area contributed by atoms with Crippen LogP contribution in [0.3, 0.4) is 0 Å². The number of benzene rings is 2. The van der Waals surface area contributed by atoms with Crippen molar-refractivity contribution in [1.29, 1.82) is 0 Å². The van der Waals surface area contributed by atoms with Crippen molar-refractivity contribution in [3.63, 3.8) is 0 Å². The van der Waals surface area contributed by atoms with E-state index in [2.05, 4.69) is 10.4 Å². The molecule has 0 spiro atoms. The van der Waals surface area contributed by atoms with Gasteiger partial charge in [-0.05, 0) is 37.6 Å². The lowest BCUT2D eigenvalue weighted by Crippen LogP contribution is -2.25. The second-order valence-electron chi connectivity index (χ2n) is 7.63. The number of nitrogens with zero attached hydrogens (tertiary/aromatic N) is 3. The number of nitro benzene ring substituents is 1. The van der Waals surface area contributed by atoms with Crippen LogP contribution in [0.15, 0.2) is 48.5 Å². The van der Waals surface area contributed by atoms with Gasteiger partial charge in [0.05, 0.1) is 29.1 Å². The van der Waals surface area contributed by atoms with E-state index in [0.717, 1.165) is 16.3 Å². The van der Waals surface area contributed by atoms with Gasteiger partial charge < -0.3 is 10.1 Å². The molecule has 33 heavy (non-hydrogen) atoms. The zero-order valence-corrected chi connectivity index (χ0v) is 18.0. The number of anilines is 1. The number of hydrogen-bond donors (Lipinski definition) is 1. The third-order valence-corrected chi connectivity index (χ3v) is 4.76. The highest BCUT2D eigenvalue weighted by Gasteiger charge is 2.34. The first-order valence-corrected chi connectivity index (χ1v) is 9.89. The van der Waals surface area contributed by atoms with Crippen molar-refractivity contribution in [3.05, 3.63) is 75.6 Å². The highest BCUT2D eigenvalue weighted by molar-refractivity contribution is 5.92. The van der Waals surface area contributed by atoms with Gasteiger partial charge in [-0.15, -0.1) is 0 Å². The van der Waals surface area contributed by atoms with Crippen LogP contribution in [-0.2, 0) is 17.5 Å². The molecule has 1 atom stereocenters. The van der Waals surface area contributed by atoms with E-state index in [1.807, 2.05) is 13.0 Å². The first-order valence-electron chi connectivity index (χ1n) is 9.89. The van der Waals surface area contributed by atoms with E-state index in [1.165, 1.54) is 32.0 Å². The fourth-order valence-electron chi connectivity index (χ4n) is 3.08. The number of nitrogens with one attached hydrogen (secondary N) is 1. The Kier molecular flexibility index (Phi) is 6.70. The summed E-state index contributed by atoms with van der Waals surface area (Å²) in [5, 5.41) is 17.4. The van der Waals surface area contributed by atoms with E-state index < -0.39 is 28.6 Å². The van der Waals surface area contributed by atoms with Crippen LogP contribution in [-0.4, -0.2) is 20.6 Å². The summed E-state index contributed by atoms with van der Waals surface area (Å²) in [5.74, 6) is -0.697. The summed E-state index contributed by atoms with van der Waals surface area (Å²) in [4.78, 5) is 23.4. The van der Waals surface area contributed by atoms with Gasteiger partial charge in [-0.1, -0.05) is 19.1 Å². The zero-order chi connectivity index (χ0) is 24.3. The normalized spacial score (nSPS) is 12.3. The molecule has 1 N–H and O–H groups in total. The number of amides is 1. The second-order valence-corrected chi connectivity index (χ2v) is 7.63. The average molecular weight is 462 g/mol. The molecule has 0 saturated carbocycles. The molecule has 0 bridgehead atoms. The molecular weight excluding hydrogens is 441 g/mol.